The predicted octanol–water partition coefficient (Wildman–Crippen LogP) is 2.16. The molecule has 0 saturated heterocycles. The first-order valence-corrected chi connectivity index (χ1v) is 10.9. The zero-order valence-corrected chi connectivity index (χ0v) is 15.8. The molecule has 0 spiro atoms. The van der Waals surface area contributed by atoms with Crippen LogP contribution in [0, 0.1) is 5.82 Å². The average molecular weight is 391 g/mol. The highest BCUT2D eigenvalue weighted by atomic mass is 32.2. The molecule has 1 aliphatic heterocycles. The monoisotopic (exact) mass is 391 g/mol. The van der Waals surface area contributed by atoms with Gasteiger partial charge in [0.1, 0.15) is 33.9 Å². The van der Waals surface area contributed by atoms with Crippen molar-refractivity contribution in [3.63, 3.8) is 0 Å². The zero-order chi connectivity index (χ0) is 18.6. The van der Waals surface area contributed by atoms with E-state index in [2.05, 4.69) is 14.8 Å². The number of anilines is 1. The van der Waals surface area contributed by atoms with Crippen LogP contribution in [0.25, 0.3) is 0 Å². The van der Waals surface area contributed by atoms with E-state index >= 15 is 0 Å². The number of fused-ring (bicyclic) bond motifs is 3. The van der Waals surface area contributed by atoms with Gasteiger partial charge in [0.2, 0.25) is 5.88 Å². The van der Waals surface area contributed by atoms with Crippen molar-refractivity contribution >= 4 is 15.6 Å². The summed E-state index contributed by atoms with van der Waals surface area (Å²) in [6.45, 7) is 1.22. The van der Waals surface area contributed by atoms with Crippen molar-refractivity contribution in [2.45, 2.75) is 50.0 Å². The van der Waals surface area contributed by atoms with Crippen LogP contribution in [-0.2, 0) is 42.1 Å². The molecule has 2 heterocycles. The summed E-state index contributed by atoms with van der Waals surface area (Å²) in [6.07, 6.45) is 6.70. The zero-order valence-electron chi connectivity index (χ0n) is 15.0. The quantitative estimate of drug-likeness (QED) is 0.835. The molecule has 3 N–H and O–H groups in total. The van der Waals surface area contributed by atoms with E-state index in [1.165, 1.54) is 6.20 Å². The maximum atomic E-state index is 14.7. The summed E-state index contributed by atoms with van der Waals surface area (Å²) in [6, 6.07) is 0. The fraction of sp³-hybridized carbons (Fsp3) is 0.500. The molecule has 7 nitrogen and oxygen atoms in total. The number of ether oxygens (including phenoxy) is 1. The lowest BCUT2D eigenvalue weighted by Gasteiger charge is -2.17. The second-order valence-corrected chi connectivity index (χ2v) is 9.06. The SMILES string of the molecule is N[S@](=O)(=NCNc1c2c(c(F)c3c1CCC3)CCC2)c1cnn2c1OCC2. The number of halogens is 1. The Hall–Kier alpha value is -2.13. The topological polar surface area (TPSA) is 94.5 Å². The van der Waals surface area contributed by atoms with Crippen molar-refractivity contribution in [3.05, 3.63) is 34.3 Å². The van der Waals surface area contributed by atoms with Gasteiger partial charge >= 0.3 is 0 Å². The Morgan fingerprint density at radius 2 is 1.89 bits per heavy atom. The van der Waals surface area contributed by atoms with Gasteiger partial charge in [0, 0.05) is 5.69 Å². The van der Waals surface area contributed by atoms with Gasteiger partial charge in [-0.25, -0.2) is 18.4 Å². The number of nitrogens with one attached hydrogen (secondary N) is 1. The van der Waals surface area contributed by atoms with Gasteiger partial charge in [0.15, 0.2) is 0 Å². The lowest BCUT2D eigenvalue weighted by molar-refractivity contribution is 0.349. The molecule has 1 atom stereocenters. The number of hydrogen-bond acceptors (Lipinski definition) is 5. The fourth-order valence-corrected chi connectivity index (χ4v) is 5.48. The highest BCUT2D eigenvalue weighted by Crippen LogP contribution is 2.40. The second kappa shape index (κ2) is 6.20. The van der Waals surface area contributed by atoms with E-state index in [9.17, 15) is 8.60 Å². The van der Waals surface area contributed by atoms with E-state index in [1.54, 1.807) is 4.68 Å². The highest BCUT2D eigenvalue weighted by molar-refractivity contribution is 7.91. The van der Waals surface area contributed by atoms with Crippen LogP contribution in [-0.4, -0.2) is 27.3 Å². The molecule has 27 heavy (non-hydrogen) atoms. The molecular weight excluding hydrogens is 369 g/mol. The molecule has 0 unspecified atom stereocenters. The van der Waals surface area contributed by atoms with Crippen molar-refractivity contribution in [1.29, 1.82) is 0 Å². The summed E-state index contributed by atoms with van der Waals surface area (Å²) in [5.74, 6) is 0.433. The van der Waals surface area contributed by atoms with Gasteiger partial charge in [-0.15, -0.1) is 0 Å². The number of hydrogen-bond donors (Lipinski definition) is 2. The lowest BCUT2D eigenvalue weighted by Crippen LogP contribution is -2.16. The maximum absolute atomic E-state index is 14.7. The standard InChI is InChI=1S/C18H22FN5O2S/c19-16-11-3-1-5-13(11)17(14-6-2-4-12(14)16)21-10-23-27(20,25)15-9-22-24-7-8-26-18(15)24/h9,21H,1-8,10H2,(H2,20,23,25)/t27-/m0/s1. The Balaban J connectivity index is 1.46. The largest absolute Gasteiger partial charge is 0.475 e. The minimum Gasteiger partial charge on any atom is -0.475 e. The molecule has 2 aromatic rings. The summed E-state index contributed by atoms with van der Waals surface area (Å²) < 4.78 is 39.0. The molecule has 1 aromatic carbocycles. The van der Waals surface area contributed by atoms with E-state index in [0.29, 0.717) is 23.9 Å². The van der Waals surface area contributed by atoms with Gasteiger partial charge < -0.3 is 10.1 Å². The maximum Gasteiger partial charge on any atom is 0.230 e. The van der Waals surface area contributed by atoms with E-state index in [1.807, 2.05) is 0 Å². The minimum atomic E-state index is -3.12. The van der Waals surface area contributed by atoms with Gasteiger partial charge in [0.25, 0.3) is 0 Å². The van der Waals surface area contributed by atoms with Crippen molar-refractivity contribution in [2.24, 2.45) is 9.50 Å². The minimum absolute atomic E-state index is 0.00675. The third kappa shape index (κ3) is 2.63. The van der Waals surface area contributed by atoms with Gasteiger partial charge in [-0.1, -0.05) is 0 Å². The molecule has 9 heteroatoms. The summed E-state index contributed by atoms with van der Waals surface area (Å²) in [5.41, 5.74) is 4.78. The van der Waals surface area contributed by atoms with E-state index in [0.717, 1.165) is 66.5 Å². The van der Waals surface area contributed by atoms with Gasteiger partial charge in [0.05, 0.1) is 12.7 Å². The van der Waals surface area contributed by atoms with Crippen LogP contribution in [0.15, 0.2) is 15.5 Å². The third-order valence-electron chi connectivity index (χ3n) is 5.70. The normalized spacial score (nSPS) is 19.2. The van der Waals surface area contributed by atoms with Crippen LogP contribution >= 0.6 is 0 Å². The fourth-order valence-electron chi connectivity index (χ4n) is 4.47. The molecule has 0 fully saturated rings. The summed E-state index contributed by atoms with van der Waals surface area (Å²) in [5, 5.41) is 13.4. The smallest absolute Gasteiger partial charge is 0.230 e. The van der Waals surface area contributed by atoms with E-state index < -0.39 is 9.92 Å². The molecular formula is C18H22FN5O2S. The Morgan fingerprint density at radius 1 is 1.22 bits per heavy atom. The first-order chi connectivity index (χ1) is 13.1. The first-order valence-electron chi connectivity index (χ1n) is 9.34. The number of benzene rings is 1. The first kappa shape index (κ1) is 17.0. The third-order valence-corrected chi connectivity index (χ3v) is 7.12. The van der Waals surface area contributed by atoms with Crippen LogP contribution in [0.2, 0.25) is 0 Å². The number of aromatic nitrogens is 2. The summed E-state index contributed by atoms with van der Waals surface area (Å²) >= 11 is 0. The number of nitrogens with zero attached hydrogens (tertiary/aromatic N) is 3. The van der Waals surface area contributed by atoms with Crippen molar-refractivity contribution in [3.8, 4) is 5.88 Å². The molecule has 0 amide bonds. The summed E-state index contributed by atoms with van der Waals surface area (Å²) in [4.78, 5) is 0.330. The van der Waals surface area contributed by atoms with Gasteiger partial charge in [-0.05, 0) is 60.8 Å². The molecule has 0 saturated carbocycles. The van der Waals surface area contributed by atoms with Crippen molar-refractivity contribution in [2.75, 3.05) is 18.6 Å². The van der Waals surface area contributed by atoms with Gasteiger partial charge in [-0.2, -0.15) is 9.46 Å². The Morgan fingerprint density at radius 3 is 2.59 bits per heavy atom. The molecule has 3 aliphatic rings. The van der Waals surface area contributed by atoms with Crippen LogP contribution in [0.4, 0.5) is 10.1 Å². The molecule has 5 rings (SSSR count). The van der Waals surface area contributed by atoms with Crippen LogP contribution in [0.5, 0.6) is 5.88 Å². The lowest BCUT2D eigenvalue weighted by atomic mass is 9.98. The Labute approximate surface area is 157 Å². The number of rotatable bonds is 4. The highest BCUT2D eigenvalue weighted by Gasteiger charge is 2.29. The molecule has 0 radical (unpaired) electrons. The van der Waals surface area contributed by atoms with Crippen molar-refractivity contribution < 1.29 is 13.3 Å². The van der Waals surface area contributed by atoms with Gasteiger partial charge in [-0.3, -0.25) is 0 Å². The van der Waals surface area contributed by atoms with Crippen LogP contribution in [0.3, 0.4) is 0 Å². The Bertz CT molecular complexity index is 1020. The molecule has 144 valence electrons. The summed E-state index contributed by atoms with van der Waals surface area (Å²) in [7, 11) is -3.12. The molecule has 1 aromatic heterocycles. The second-order valence-electron chi connectivity index (χ2n) is 7.23. The van der Waals surface area contributed by atoms with Crippen LogP contribution in [0.1, 0.15) is 35.1 Å². The predicted molar refractivity (Wildman–Crippen MR) is 99.7 cm³/mol. The average Bonchev–Trinajstić information content (AvgIpc) is 3.41. The van der Waals surface area contributed by atoms with E-state index in [4.69, 9.17) is 9.88 Å². The Kier molecular flexibility index (Phi) is 3.90. The molecule has 0 bridgehead atoms. The van der Waals surface area contributed by atoms with E-state index in [-0.39, 0.29) is 12.5 Å². The van der Waals surface area contributed by atoms with Crippen molar-refractivity contribution in [1.82, 2.24) is 9.78 Å². The molecule has 2 aliphatic carbocycles. The number of nitrogens with two attached hydrogens (primary N) is 1. The van der Waals surface area contributed by atoms with Crippen LogP contribution < -0.4 is 15.2 Å².